The lowest BCUT2D eigenvalue weighted by Crippen LogP contribution is -2.52. The number of piperidine rings is 1. The number of likely N-dealkylation sites (tertiary alicyclic amines) is 1. The molecule has 1 unspecified atom stereocenters. The minimum atomic E-state index is 0. The molecule has 1 aromatic heterocycles. The summed E-state index contributed by atoms with van der Waals surface area (Å²) in [6.07, 6.45) is 2.93. The van der Waals surface area contributed by atoms with E-state index < -0.39 is 0 Å². The Morgan fingerprint density at radius 1 is 1.50 bits per heavy atom. The van der Waals surface area contributed by atoms with Crippen LogP contribution in [-0.2, 0) is 6.54 Å². The van der Waals surface area contributed by atoms with Gasteiger partial charge in [0.1, 0.15) is 0 Å². The molecule has 0 bridgehead atoms. The zero-order valence-electron chi connectivity index (χ0n) is 10.9. The molecule has 1 atom stereocenters. The van der Waals surface area contributed by atoms with Crippen molar-refractivity contribution in [2.24, 2.45) is 11.1 Å². The summed E-state index contributed by atoms with van der Waals surface area (Å²) < 4.78 is 1.03. The van der Waals surface area contributed by atoms with Crippen molar-refractivity contribution >= 4 is 28.3 Å². The van der Waals surface area contributed by atoms with Gasteiger partial charge in [-0.15, -0.1) is 12.4 Å². The second-order valence-corrected chi connectivity index (χ2v) is 6.48. The van der Waals surface area contributed by atoms with Crippen molar-refractivity contribution in [2.45, 2.75) is 32.9 Å². The summed E-state index contributed by atoms with van der Waals surface area (Å²) in [5.74, 6) is 0. The standard InChI is InChI=1S/C13H20BrN3.ClH/c1-13(2)9-17(6-5-12(13)15)8-11-4-3-10(14)7-16-11;/h3-4,7,12H,5-6,8-9,15H2,1-2H3;1H. The first-order chi connectivity index (χ1) is 7.97. The molecule has 1 fully saturated rings. The molecule has 3 nitrogen and oxygen atoms in total. The van der Waals surface area contributed by atoms with Gasteiger partial charge in [0.15, 0.2) is 0 Å². The first kappa shape index (κ1) is 15.9. The van der Waals surface area contributed by atoms with Crippen molar-refractivity contribution in [3.05, 3.63) is 28.5 Å². The van der Waals surface area contributed by atoms with Crippen molar-refractivity contribution < 1.29 is 0 Å². The van der Waals surface area contributed by atoms with Gasteiger partial charge in [0.05, 0.1) is 5.69 Å². The van der Waals surface area contributed by atoms with Crippen LogP contribution in [-0.4, -0.2) is 29.0 Å². The number of aromatic nitrogens is 1. The fourth-order valence-corrected chi connectivity index (χ4v) is 2.58. The van der Waals surface area contributed by atoms with Gasteiger partial charge in [-0.25, -0.2) is 0 Å². The SMILES string of the molecule is CC1(C)CN(Cc2ccc(Br)cn2)CCC1N.Cl. The zero-order chi connectivity index (χ0) is 12.5. The lowest BCUT2D eigenvalue weighted by molar-refractivity contribution is 0.0889. The number of rotatable bonds is 2. The number of hydrogen-bond donors (Lipinski definition) is 1. The second-order valence-electron chi connectivity index (χ2n) is 5.56. The maximum absolute atomic E-state index is 6.14. The van der Waals surface area contributed by atoms with E-state index in [2.05, 4.69) is 45.7 Å². The van der Waals surface area contributed by atoms with Crippen molar-refractivity contribution in [2.75, 3.05) is 13.1 Å². The molecule has 1 aromatic rings. The van der Waals surface area contributed by atoms with Gasteiger partial charge in [0, 0.05) is 36.3 Å². The van der Waals surface area contributed by atoms with Crippen LogP contribution in [0.4, 0.5) is 0 Å². The highest BCUT2D eigenvalue weighted by atomic mass is 79.9. The van der Waals surface area contributed by atoms with Gasteiger partial charge in [-0.2, -0.15) is 0 Å². The second kappa shape index (κ2) is 6.33. The van der Waals surface area contributed by atoms with Crippen LogP contribution < -0.4 is 5.73 Å². The summed E-state index contributed by atoms with van der Waals surface area (Å²) in [5, 5.41) is 0. The van der Waals surface area contributed by atoms with Gasteiger partial charge in [-0.3, -0.25) is 9.88 Å². The molecule has 2 rings (SSSR count). The summed E-state index contributed by atoms with van der Waals surface area (Å²) in [7, 11) is 0. The number of hydrogen-bond acceptors (Lipinski definition) is 3. The quantitative estimate of drug-likeness (QED) is 0.904. The molecule has 1 aliphatic rings. The zero-order valence-corrected chi connectivity index (χ0v) is 13.3. The highest BCUT2D eigenvalue weighted by Crippen LogP contribution is 2.28. The Hall–Kier alpha value is -0.160. The van der Waals surface area contributed by atoms with E-state index in [9.17, 15) is 0 Å². The number of halogens is 2. The molecule has 0 aromatic carbocycles. The molecular formula is C13H21BrClN3. The van der Waals surface area contributed by atoms with E-state index in [1.807, 2.05) is 12.3 Å². The topological polar surface area (TPSA) is 42.2 Å². The predicted molar refractivity (Wildman–Crippen MR) is 80.8 cm³/mol. The number of nitrogens with zero attached hydrogens (tertiary/aromatic N) is 2. The molecule has 5 heteroatoms. The fourth-order valence-electron chi connectivity index (χ4n) is 2.35. The third-order valence-corrected chi connectivity index (χ3v) is 4.03. The van der Waals surface area contributed by atoms with Crippen molar-refractivity contribution in [1.29, 1.82) is 0 Å². The van der Waals surface area contributed by atoms with E-state index in [0.717, 1.165) is 36.2 Å². The molecule has 0 amide bonds. The van der Waals surface area contributed by atoms with Gasteiger partial charge in [0.25, 0.3) is 0 Å². The summed E-state index contributed by atoms with van der Waals surface area (Å²) in [4.78, 5) is 6.86. The van der Waals surface area contributed by atoms with Gasteiger partial charge < -0.3 is 5.73 Å². The van der Waals surface area contributed by atoms with Crippen LogP contribution in [0.1, 0.15) is 26.0 Å². The molecule has 0 spiro atoms. The lowest BCUT2D eigenvalue weighted by atomic mass is 9.79. The normalized spacial score (nSPS) is 23.4. The van der Waals surface area contributed by atoms with Gasteiger partial charge in [-0.1, -0.05) is 13.8 Å². The van der Waals surface area contributed by atoms with Gasteiger partial charge in [-0.05, 0) is 39.9 Å². The lowest BCUT2D eigenvalue weighted by Gasteiger charge is -2.42. The maximum atomic E-state index is 6.14. The van der Waals surface area contributed by atoms with E-state index in [4.69, 9.17) is 5.73 Å². The molecule has 0 saturated carbocycles. The number of pyridine rings is 1. The van der Waals surface area contributed by atoms with Crippen molar-refractivity contribution in [3.63, 3.8) is 0 Å². The van der Waals surface area contributed by atoms with E-state index in [0.29, 0.717) is 6.04 Å². The Balaban J connectivity index is 0.00000162. The molecule has 1 aliphatic heterocycles. The van der Waals surface area contributed by atoms with Crippen LogP contribution >= 0.6 is 28.3 Å². The molecule has 2 N–H and O–H groups in total. The fraction of sp³-hybridized carbons (Fsp3) is 0.615. The Morgan fingerprint density at radius 2 is 2.22 bits per heavy atom. The highest BCUT2D eigenvalue weighted by molar-refractivity contribution is 9.10. The van der Waals surface area contributed by atoms with Crippen LogP contribution in [0.3, 0.4) is 0 Å². The van der Waals surface area contributed by atoms with E-state index in [1.54, 1.807) is 0 Å². The Morgan fingerprint density at radius 3 is 2.78 bits per heavy atom. The smallest absolute Gasteiger partial charge is 0.0544 e. The Bertz CT molecular complexity index is 380. The average molecular weight is 335 g/mol. The van der Waals surface area contributed by atoms with E-state index in [-0.39, 0.29) is 17.8 Å². The molecule has 2 heterocycles. The van der Waals surface area contributed by atoms with Crippen LogP contribution in [0.15, 0.2) is 22.8 Å². The average Bonchev–Trinajstić information content (AvgIpc) is 2.26. The molecule has 0 radical (unpaired) electrons. The predicted octanol–water partition coefficient (Wildman–Crippen LogP) is 2.83. The maximum Gasteiger partial charge on any atom is 0.0544 e. The highest BCUT2D eigenvalue weighted by Gasteiger charge is 2.33. The summed E-state index contributed by atoms with van der Waals surface area (Å²) in [5.41, 5.74) is 7.47. The molecule has 0 aliphatic carbocycles. The third kappa shape index (κ3) is 3.92. The van der Waals surface area contributed by atoms with Crippen LogP contribution in [0, 0.1) is 5.41 Å². The Labute approximate surface area is 124 Å². The molecule has 1 saturated heterocycles. The molecular weight excluding hydrogens is 314 g/mol. The van der Waals surface area contributed by atoms with Crippen molar-refractivity contribution in [3.8, 4) is 0 Å². The summed E-state index contributed by atoms with van der Waals surface area (Å²) >= 11 is 3.40. The van der Waals surface area contributed by atoms with Crippen LogP contribution in [0.25, 0.3) is 0 Å². The molecule has 18 heavy (non-hydrogen) atoms. The first-order valence-electron chi connectivity index (χ1n) is 6.06. The van der Waals surface area contributed by atoms with Gasteiger partial charge in [0.2, 0.25) is 0 Å². The van der Waals surface area contributed by atoms with E-state index >= 15 is 0 Å². The summed E-state index contributed by atoms with van der Waals surface area (Å²) in [6, 6.07) is 4.44. The van der Waals surface area contributed by atoms with Crippen LogP contribution in [0.2, 0.25) is 0 Å². The summed E-state index contributed by atoms with van der Waals surface area (Å²) in [6.45, 7) is 7.54. The Kier molecular flexibility index (Phi) is 5.59. The largest absolute Gasteiger partial charge is 0.327 e. The van der Waals surface area contributed by atoms with Gasteiger partial charge >= 0.3 is 0 Å². The van der Waals surface area contributed by atoms with E-state index in [1.165, 1.54) is 0 Å². The monoisotopic (exact) mass is 333 g/mol. The van der Waals surface area contributed by atoms with Crippen LogP contribution in [0.5, 0.6) is 0 Å². The molecule has 102 valence electrons. The first-order valence-corrected chi connectivity index (χ1v) is 6.85. The minimum Gasteiger partial charge on any atom is -0.327 e. The number of nitrogens with two attached hydrogens (primary N) is 1. The third-order valence-electron chi connectivity index (χ3n) is 3.57. The van der Waals surface area contributed by atoms with Crippen molar-refractivity contribution in [1.82, 2.24) is 9.88 Å². The minimum absolute atomic E-state index is 0.